The molecular formula is C36H62O16P3-. The lowest BCUT2D eigenvalue weighted by molar-refractivity contribution is -0.277. The van der Waals surface area contributed by atoms with Gasteiger partial charge in [-0.15, -0.1) is 0 Å². The summed E-state index contributed by atoms with van der Waals surface area (Å²) in [6, 6.07) is 7.81. The number of aliphatic hydroxyl groups is 1. The van der Waals surface area contributed by atoms with Crippen molar-refractivity contribution in [1.29, 1.82) is 0 Å². The molecule has 3 aliphatic heterocycles. The fourth-order valence-electron chi connectivity index (χ4n) is 5.49. The van der Waals surface area contributed by atoms with E-state index in [0.29, 0.717) is 8.27 Å². The molecule has 3 heterocycles. The van der Waals surface area contributed by atoms with Gasteiger partial charge in [0.05, 0.1) is 12.2 Å². The van der Waals surface area contributed by atoms with Crippen molar-refractivity contribution >= 4 is 46.8 Å². The molecule has 13 atom stereocenters. The van der Waals surface area contributed by atoms with E-state index < -0.39 is 75.5 Å². The van der Waals surface area contributed by atoms with Gasteiger partial charge in [0, 0.05) is 59.0 Å². The Bertz CT molecular complexity index is 1460. The van der Waals surface area contributed by atoms with E-state index >= 15 is 0 Å². The summed E-state index contributed by atoms with van der Waals surface area (Å²) < 4.78 is 64.2. The number of hydrogen-bond donors (Lipinski definition) is 1. The van der Waals surface area contributed by atoms with Crippen LogP contribution in [0.5, 0.6) is 5.75 Å². The molecule has 1 aromatic carbocycles. The number of hydrogen-bond acceptors (Lipinski definition) is 16. The molecule has 0 amide bonds. The van der Waals surface area contributed by atoms with Crippen LogP contribution in [0.2, 0.25) is 0 Å². The normalized spacial score (nSPS) is 32.1. The number of esters is 4. The van der Waals surface area contributed by atoms with E-state index in [9.17, 15) is 38.3 Å². The Labute approximate surface area is 327 Å². The SMILES string of the molecule is C.CC.CC(=O)OCC1OC(O)C(OC(C)=O)[C@@H](C)[C@@H]1C.CC(=O)OCC1OC(OP(C)(=O)[O-])C(OC(C)=O)[C@@H](C)[C@@H]1C.CP1(=O)Oc2ccccc2CP1. The highest BCUT2D eigenvalue weighted by Gasteiger charge is 2.46. The Hall–Kier alpha value is -2.41. The van der Waals surface area contributed by atoms with Gasteiger partial charge in [-0.2, -0.15) is 0 Å². The third kappa shape index (κ3) is 18.6. The van der Waals surface area contributed by atoms with Gasteiger partial charge >= 0.3 is 23.9 Å². The van der Waals surface area contributed by atoms with Gasteiger partial charge in [-0.25, -0.2) is 0 Å². The minimum atomic E-state index is -4.10. The van der Waals surface area contributed by atoms with Gasteiger partial charge in [0.1, 0.15) is 26.6 Å². The van der Waals surface area contributed by atoms with E-state index in [2.05, 4.69) is 0 Å². The standard InChI is InChI=1S/C13H23O8P.C12H20O6.C8H10O2P2.C2H6.CH4/c1-7-8(2)12(19-10(4)15)13(21-22(5,16)17)20-11(7)6-18-9(3)14;1-6-7(2)11(17-9(4)14)12(15)18-10(6)5-16-8(3)13;1-12(9)10-8-5-3-2-4-7(8)6-11-12;1-2;/h7-8,11-13H,6H2,1-5H3,(H,16,17);6-7,10-12,15H,5H2,1-4H3;2-5,11H,6H2,1H3;1-2H3;1H4/p-1/t7-,8-,11?,12?,13?;6-,7-,10?,11?,12?;;;/m00.../s1. The minimum Gasteiger partial charge on any atom is -0.779 e. The third-order valence-electron chi connectivity index (χ3n) is 8.64. The van der Waals surface area contributed by atoms with E-state index in [-0.39, 0.29) is 44.3 Å². The van der Waals surface area contributed by atoms with Crippen molar-refractivity contribution in [2.24, 2.45) is 23.7 Å². The number of carbonyl (C=O) groups is 4. The quantitative estimate of drug-likeness (QED) is 0.183. The Morgan fingerprint density at radius 3 is 1.76 bits per heavy atom. The first-order valence-electron chi connectivity index (χ1n) is 17.7. The Balaban J connectivity index is 0.000000796. The maximum absolute atomic E-state index is 11.6. The zero-order valence-corrected chi connectivity index (χ0v) is 36.0. The topological polar surface area (TPSA) is 220 Å². The lowest BCUT2D eigenvalue weighted by Gasteiger charge is -2.44. The van der Waals surface area contributed by atoms with E-state index in [1.54, 1.807) is 13.6 Å². The van der Waals surface area contributed by atoms with Crippen molar-refractivity contribution in [3.05, 3.63) is 29.8 Å². The van der Waals surface area contributed by atoms with Crippen LogP contribution in [0.15, 0.2) is 24.3 Å². The lowest BCUT2D eigenvalue weighted by atomic mass is 9.83. The number of benzene rings is 1. The molecule has 3 aliphatic rings. The molecule has 9 unspecified atom stereocenters. The average molecular weight is 844 g/mol. The van der Waals surface area contributed by atoms with Crippen molar-refractivity contribution < 1.29 is 75.8 Å². The molecule has 55 heavy (non-hydrogen) atoms. The summed E-state index contributed by atoms with van der Waals surface area (Å²) in [6.45, 7) is 19.2. The van der Waals surface area contributed by atoms with Crippen molar-refractivity contribution in [2.45, 2.75) is 120 Å². The van der Waals surface area contributed by atoms with Crippen LogP contribution in [-0.2, 0) is 67.4 Å². The monoisotopic (exact) mass is 843 g/mol. The smallest absolute Gasteiger partial charge is 0.303 e. The second-order valence-corrected chi connectivity index (χ2v) is 20.7. The second-order valence-electron chi connectivity index (χ2n) is 13.1. The van der Waals surface area contributed by atoms with Crippen LogP contribution >= 0.6 is 22.9 Å². The van der Waals surface area contributed by atoms with Gasteiger partial charge in [-0.3, -0.25) is 23.7 Å². The second kappa shape index (κ2) is 24.4. The van der Waals surface area contributed by atoms with Crippen LogP contribution in [0.25, 0.3) is 0 Å². The van der Waals surface area contributed by atoms with E-state index in [1.807, 2.05) is 58.9 Å². The first-order chi connectivity index (χ1) is 25.0. The molecular weight excluding hydrogens is 781 g/mol. The molecule has 0 bridgehead atoms. The first-order valence-corrected chi connectivity index (χ1v) is 23.8. The third-order valence-corrected chi connectivity index (χ3v) is 13.4. The number of carbonyl (C=O) groups excluding carboxylic acids is 4. The number of para-hydroxylation sites is 1. The number of fused-ring (bicyclic) bond motifs is 1. The Kier molecular flexibility index (Phi) is 23.3. The molecule has 0 saturated carbocycles. The Morgan fingerprint density at radius 2 is 1.29 bits per heavy atom. The minimum absolute atomic E-state index is 0. The predicted octanol–water partition coefficient (Wildman–Crippen LogP) is 5.89. The highest BCUT2D eigenvalue weighted by Crippen LogP contribution is 2.66. The van der Waals surface area contributed by atoms with Crippen molar-refractivity contribution in [3.63, 3.8) is 0 Å². The van der Waals surface area contributed by atoms with Crippen LogP contribution in [0.3, 0.4) is 0 Å². The zero-order chi connectivity index (χ0) is 41.6. The van der Waals surface area contributed by atoms with Gasteiger partial charge < -0.3 is 52.0 Å². The average Bonchev–Trinajstić information content (AvgIpc) is 3.07. The summed E-state index contributed by atoms with van der Waals surface area (Å²) in [5.74, 6) is -1.53. The fraction of sp³-hybridized carbons (Fsp3) is 0.722. The molecule has 1 aromatic rings. The number of ether oxygens (including phenoxy) is 6. The predicted molar refractivity (Wildman–Crippen MR) is 206 cm³/mol. The molecule has 0 spiro atoms. The van der Waals surface area contributed by atoms with Crippen LogP contribution in [-0.4, -0.2) is 92.5 Å². The highest BCUT2D eigenvalue weighted by molar-refractivity contribution is 8.22. The van der Waals surface area contributed by atoms with E-state index in [1.165, 1.54) is 33.3 Å². The van der Waals surface area contributed by atoms with Crippen molar-refractivity contribution in [1.82, 2.24) is 0 Å². The van der Waals surface area contributed by atoms with Gasteiger partial charge in [0.25, 0.3) is 7.06 Å². The van der Waals surface area contributed by atoms with Gasteiger partial charge in [-0.1, -0.05) is 67.2 Å². The molecule has 1 N–H and O–H groups in total. The van der Waals surface area contributed by atoms with E-state index in [0.717, 1.165) is 18.6 Å². The summed E-state index contributed by atoms with van der Waals surface area (Å²) in [6.07, 6.45) is -4.05. The molecule has 0 aromatic heterocycles. The summed E-state index contributed by atoms with van der Waals surface area (Å²) >= 11 is 0. The fourth-order valence-corrected chi connectivity index (χ4v) is 9.27. The summed E-state index contributed by atoms with van der Waals surface area (Å²) in [5, 5.41) is 9.80. The summed E-state index contributed by atoms with van der Waals surface area (Å²) in [7, 11) is -5.96. The van der Waals surface area contributed by atoms with Crippen molar-refractivity contribution in [3.8, 4) is 5.75 Å². The molecule has 318 valence electrons. The van der Waals surface area contributed by atoms with Crippen molar-refractivity contribution in [2.75, 3.05) is 26.5 Å². The molecule has 2 fully saturated rings. The maximum Gasteiger partial charge on any atom is 0.303 e. The summed E-state index contributed by atoms with van der Waals surface area (Å²) in [5.41, 5.74) is 1.18. The van der Waals surface area contributed by atoms with Gasteiger partial charge in [-0.05, 0) is 31.7 Å². The highest BCUT2D eigenvalue weighted by atomic mass is 32.1. The van der Waals surface area contributed by atoms with Crippen LogP contribution in [0.1, 0.15) is 82.2 Å². The molecule has 0 radical (unpaired) electrons. The van der Waals surface area contributed by atoms with Gasteiger partial charge in [0.15, 0.2) is 18.5 Å². The van der Waals surface area contributed by atoms with Crippen LogP contribution in [0, 0.1) is 23.7 Å². The first kappa shape index (κ1) is 52.6. The summed E-state index contributed by atoms with van der Waals surface area (Å²) in [4.78, 5) is 55.2. The Morgan fingerprint density at radius 1 is 0.836 bits per heavy atom. The lowest BCUT2D eigenvalue weighted by Crippen LogP contribution is -2.53. The van der Waals surface area contributed by atoms with E-state index in [4.69, 9.17) is 37.5 Å². The largest absolute Gasteiger partial charge is 0.779 e. The van der Waals surface area contributed by atoms with Crippen LogP contribution in [0.4, 0.5) is 0 Å². The molecule has 0 aliphatic carbocycles. The molecule has 2 saturated heterocycles. The number of aliphatic hydroxyl groups excluding tert-OH is 1. The molecule has 16 nitrogen and oxygen atoms in total. The number of rotatable bonds is 8. The van der Waals surface area contributed by atoms with Crippen LogP contribution < -0.4 is 9.42 Å². The molecule has 19 heteroatoms. The van der Waals surface area contributed by atoms with Gasteiger partial charge in [0.2, 0.25) is 6.29 Å². The maximum atomic E-state index is 11.6. The zero-order valence-electron chi connectivity index (χ0n) is 33.2. The molecule has 4 rings (SSSR count).